The van der Waals surface area contributed by atoms with Crippen LogP contribution >= 0.6 is 11.6 Å². The van der Waals surface area contributed by atoms with Gasteiger partial charge in [-0.25, -0.2) is 8.42 Å². The number of sulfonamides is 1. The van der Waals surface area contributed by atoms with Crippen molar-refractivity contribution in [3.8, 4) is 5.75 Å². The molecule has 10 heteroatoms. The van der Waals surface area contributed by atoms with E-state index in [0.717, 1.165) is 4.31 Å². The quantitative estimate of drug-likeness (QED) is 0.300. The Morgan fingerprint density at radius 3 is 2.20 bits per heavy atom. The Labute approximate surface area is 241 Å². The molecule has 0 spiro atoms. The third-order valence-electron chi connectivity index (χ3n) is 6.33. The van der Waals surface area contributed by atoms with Crippen molar-refractivity contribution < 1.29 is 22.7 Å². The minimum atomic E-state index is -4.19. The van der Waals surface area contributed by atoms with Crippen LogP contribution in [0, 0.1) is 5.92 Å². The van der Waals surface area contributed by atoms with Gasteiger partial charge in [-0.3, -0.25) is 13.9 Å². The maximum Gasteiger partial charge on any atom is 0.264 e. The lowest BCUT2D eigenvalue weighted by Gasteiger charge is -2.33. The van der Waals surface area contributed by atoms with Crippen molar-refractivity contribution in [2.24, 2.45) is 5.92 Å². The predicted molar refractivity (Wildman–Crippen MR) is 158 cm³/mol. The van der Waals surface area contributed by atoms with Gasteiger partial charge in [-0.15, -0.1) is 0 Å². The summed E-state index contributed by atoms with van der Waals surface area (Å²) < 4.78 is 34.3. The van der Waals surface area contributed by atoms with E-state index in [2.05, 4.69) is 5.32 Å². The van der Waals surface area contributed by atoms with Crippen LogP contribution < -0.4 is 14.4 Å². The lowest BCUT2D eigenvalue weighted by atomic mass is 10.1. The van der Waals surface area contributed by atoms with Crippen LogP contribution in [0.5, 0.6) is 5.75 Å². The topological polar surface area (TPSA) is 96.0 Å². The molecule has 0 bridgehead atoms. The second-order valence-corrected chi connectivity index (χ2v) is 11.9. The van der Waals surface area contributed by atoms with E-state index < -0.39 is 28.5 Å². The van der Waals surface area contributed by atoms with E-state index in [-0.39, 0.29) is 34.7 Å². The molecule has 0 saturated carbocycles. The monoisotopic (exact) mass is 585 g/mol. The Balaban J connectivity index is 2.08. The molecule has 40 heavy (non-hydrogen) atoms. The average Bonchev–Trinajstić information content (AvgIpc) is 2.95. The molecule has 0 aliphatic heterocycles. The molecule has 214 valence electrons. The van der Waals surface area contributed by atoms with Crippen molar-refractivity contribution in [2.45, 2.75) is 44.7 Å². The Kier molecular flexibility index (Phi) is 11.0. The summed E-state index contributed by atoms with van der Waals surface area (Å²) in [7, 11) is -2.76. The molecule has 3 aromatic rings. The van der Waals surface area contributed by atoms with Crippen molar-refractivity contribution >= 4 is 39.1 Å². The van der Waals surface area contributed by atoms with Gasteiger partial charge in [0.1, 0.15) is 18.3 Å². The van der Waals surface area contributed by atoms with Crippen molar-refractivity contribution in [1.82, 2.24) is 10.2 Å². The summed E-state index contributed by atoms with van der Waals surface area (Å²) in [6, 6.07) is 20.7. The number of carbonyl (C=O) groups is 2. The zero-order chi connectivity index (χ0) is 29.3. The maximum absolute atomic E-state index is 14.1. The number of ether oxygens (including phenoxy) is 1. The molecular formula is C30H36ClN3O5S. The summed E-state index contributed by atoms with van der Waals surface area (Å²) in [6.07, 6.45) is 0.320. The Bertz CT molecular complexity index is 1400. The molecule has 1 atom stereocenters. The van der Waals surface area contributed by atoms with Crippen LogP contribution in [0.1, 0.15) is 32.8 Å². The van der Waals surface area contributed by atoms with Gasteiger partial charge in [0, 0.05) is 18.1 Å². The highest BCUT2D eigenvalue weighted by atomic mass is 35.5. The molecule has 2 amide bonds. The van der Waals surface area contributed by atoms with Crippen molar-refractivity contribution in [1.29, 1.82) is 0 Å². The molecule has 0 aromatic heterocycles. The number of nitrogens with one attached hydrogen (secondary N) is 1. The van der Waals surface area contributed by atoms with Crippen LogP contribution in [-0.2, 0) is 26.2 Å². The highest BCUT2D eigenvalue weighted by Crippen LogP contribution is 2.32. The second kappa shape index (κ2) is 14.2. The number of nitrogens with zero attached hydrogens (tertiary/aromatic N) is 2. The zero-order valence-corrected chi connectivity index (χ0v) is 24.8. The number of carbonyl (C=O) groups excluding carboxylic acids is 2. The molecule has 1 N–H and O–H groups in total. The molecule has 0 aliphatic rings. The largest absolute Gasteiger partial charge is 0.495 e. The van der Waals surface area contributed by atoms with Crippen LogP contribution in [0.4, 0.5) is 5.69 Å². The molecular weight excluding hydrogens is 550 g/mol. The summed E-state index contributed by atoms with van der Waals surface area (Å²) in [6.45, 7) is 5.68. The van der Waals surface area contributed by atoms with Gasteiger partial charge in [0.05, 0.1) is 17.7 Å². The summed E-state index contributed by atoms with van der Waals surface area (Å²) in [5, 5.41) is 3.35. The lowest BCUT2D eigenvalue weighted by Crippen LogP contribution is -2.52. The number of para-hydroxylation sites is 2. The third kappa shape index (κ3) is 7.55. The van der Waals surface area contributed by atoms with E-state index in [1.807, 2.05) is 20.8 Å². The van der Waals surface area contributed by atoms with Crippen molar-refractivity contribution in [3.05, 3.63) is 89.4 Å². The first-order valence-corrected chi connectivity index (χ1v) is 14.9. The predicted octanol–water partition coefficient (Wildman–Crippen LogP) is 5.12. The van der Waals surface area contributed by atoms with E-state index in [0.29, 0.717) is 23.6 Å². The fraction of sp³-hybridized carbons (Fsp3) is 0.333. The molecule has 0 unspecified atom stereocenters. The second-order valence-electron chi connectivity index (χ2n) is 9.67. The fourth-order valence-electron chi connectivity index (χ4n) is 4.22. The van der Waals surface area contributed by atoms with E-state index in [9.17, 15) is 18.0 Å². The van der Waals surface area contributed by atoms with Gasteiger partial charge >= 0.3 is 0 Å². The number of hydrogen-bond donors (Lipinski definition) is 1. The summed E-state index contributed by atoms with van der Waals surface area (Å²) in [5.74, 6) is -0.372. The molecule has 3 aromatic carbocycles. The summed E-state index contributed by atoms with van der Waals surface area (Å²) >= 11 is 6.44. The van der Waals surface area contributed by atoms with Crippen LogP contribution in [0.25, 0.3) is 0 Å². The van der Waals surface area contributed by atoms with Gasteiger partial charge < -0.3 is 15.0 Å². The molecule has 3 rings (SSSR count). The summed E-state index contributed by atoms with van der Waals surface area (Å²) in [5.41, 5.74) is 0.847. The first kappa shape index (κ1) is 31.0. The number of methoxy groups -OCH3 is 1. The normalized spacial score (nSPS) is 12.1. The maximum atomic E-state index is 14.1. The SMILES string of the molecule is CC[C@H](C(=O)NCC(C)C)N(Cc1ccccc1Cl)C(=O)CN(c1ccccc1OC)S(=O)(=O)c1ccccc1. The highest BCUT2D eigenvalue weighted by Gasteiger charge is 2.34. The fourth-order valence-corrected chi connectivity index (χ4v) is 5.86. The standard InChI is InChI=1S/C30H36ClN3O5S/c1-5-26(30(36)32-19-22(2)3)33(20-23-13-9-10-16-25(23)31)29(35)21-34(27-17-11-12-18-28(27)39-4)40(37,38)24-14-7-6-8-15-24/h6-18,22,26H,5,19-21H2,1-4H3,(H,32,36)/t26-/m1/s1. The minimum Gasteiger partial charge on any atom is -0.495 e. The number of amides is 2. The van der Waals surface area contributed by atoms with Crippen LogP contribution in [0.2, 0.25) is 5.02 Å². The Morgan fingerprint density at radius 2 is 1.57 bits per heavy atom. The number of rotatable bonds is 13. The number of halogens is 1. The smallest absolute Gasteiger partial charge is 0.264 e. The van der Waals surface area contributed by atoms with Gasteiger partial charge in [-0.2, -0.15) is 0 Å². The van der Waals surface area contributed by atoms with Gasteiger partial charge in [-0.05, 0) is 48.2 Å². The molecule has 0 heterocycles. The highest BCUT2D eigenvalue weighted by molar-refractivity contribution is 7.92. The number of hydrogen-bond acceptors (Lipinski definition) is 5. The van der Waals surface area contributed by atoms with Crippen LogP contribution in [0.15, 0.2) is 83.8 Å². The van der Waals surface area contributed by atoms with Crippen molar-refractivity contribution in [3.63, 3.8) is 0 Å². The van der Waals surface area contributed by atoms with Gasteiger partial charge in [0.2, 0.25) is 11.8 Å². The Morgan fingerprint density at radius 1 is 0.950 bits per heavy atom. The number of benzene rings is 3. The average molecular weight is 586 g/mol. The van der Waals surface area contributed by atoms with E-state index >= 15 is 0 Å². The molecule has 0 saturated heterocycles. The minimum absolute atomic E-state index is 0.0214. The van der Waals surface area contributed by atoms with Crippen LogP contribution in [-0.4, -0.2) is 51.4 Å². The van der Waals surface area contributed by atoms with Crippen LogP contribution in [0.3, 0.4) is 0 Å². The molecule has 0 aliphatic carbocycles. The molecule has 0 fully saturated rings. The van der Waals surface area contributed by atoms with E-state index in [4.69, 9.17) is 16.3 Å². The third-order valence-corrected chi connectivity index (χ3v) is 8.48. The lowest BCUT2D eigenvalue weighted by molar-refractivity contribution is -0.140. The zero-order valence-electron chi connectivity index (χ0n) is 23.2. The first-order valence-electron chi connectivity index (χ1n) is 13.1. The first-order chi connectivity index (χ1) is 19.1. The molecule has 8 nitrogen and oxygen atoms in total. The van der Waals surface area contributed by atoms with Gasteiger partial charge in [0.25, 0.3) is 10.0 Å². The summed E-state index contributed by atoms with van der Waals surface area (Å²) in [4.78, 5) is 28.8. The van der Waals surface area contributed by atoms with Crippen molar-refractivity contribution in [2.75, 3.05) is 24.5 Å². The van der Waals surface area contributed by atoms with E-state index in [1.54, 1.807) is 66.7 Å². The molecule has 0 radical (unpaired) electrons. The van der Waals surface area contributed by atoms with Gasteiger partial charge in [0.15, 0.2) is 0 Å². The Hall–Kier alpha value is -3.56. The van der Waals surface area contributed by atoms with E-state index in [1.165, 1.54) is 24.1 Å². The van der Waals surface area contributed by atoms with Gasteiger partial charge in [-0.1, -0.05) is 80.9 Å². The number of anilines is 1.